The maximum absolute atomic E-state index is 6.17. The molecule has 0 aromatic carbocycles. The van der Waals surface area contributed by atoms with Gasteiger partial charge in [-0.15, -0.1) is 0 Å². The topological polar surface area (TPSA) is 21.3 Å². The Labute approximate surface area is 107 Å². The molecule has 1 unspecified atom stereocenters. The molecule has 2 heteroatoms. The fraction of sp³-hybridized carbons (Fsp3) is 1.00. The highest BCUT2D eigenvalue weighted by Crippen LogP contribution is 2.41. The van der Waals surface area contributed by atoms with Gasteiger partial charge in [-0.1, -0.05) is 20.3 Å². The van der Waals surface area contributed by atoms with Gasteiger partial charge in [-0.3, -0.25) is 0 Å². The van der Waals surface area contributed by atoms with Gasteiger partial charge in [-0.2, -0.15) is 0 Å². The zero-order valence-corrected chi connectivity index (χ0v) is 11.6. The molecule has 2 rings (SSSR count). The largest absolute Gasteiger partial charge is 0.375 e. The van der Waals surface area contributed by atoms with Crippen molar-refractivity contribution in [3.8, 4) is 0 Å². The first-order chi connectivity index (χ1) is 8.28. The molecule has 1 saturated heterocycles. The minimum atomic E-state index is 0.245. The number of hydrogen-bond acceptors (Lipinski definition) is 2. The summed E-state index contributed by atoms with van der Waals surface area (Å²) in [6.45, 7) is 6.71. The van der Waals surface area contributed by atoms with Crippen molar-refractivity contribution in [1.29, 1.82) is 0 Å². The van der Waals surface area contributed by atoms with Crippen molar-refractivity contribution < 1.29 is 4.74 Å². The minimum Gasteiger partial charge on any atom is -0.375 e. The lowest BCUT2D eigenvalue weighted by molar-refractivity contribution is -0.115. The Morgan fingerprint density at radius 3 is 2.59 bits per heavy atom. The highest BCUT2D eigenvalue weighted by molar-refractivity contribution is 4.93. The molecule has 0 amide bonds. The van der Waals surface area contributed by atoms with Crippen molar-refractivity contribution in [2.24, 2.45) is 5.92 Å². The van der Waals surface area contributed by atoms with Crippen LogP contribution in [0.2, 0.25) is 0 Å². The second-order valence-electron chi connectivity index (χ2n) is 6.03. The molecule has 0 aromatic heterocycles. The van der Waals surface area contributed by atoms with E-state index in [-0.39, 0.29) is 5.60 Å². The molecule has 0 aromatic rings. The Morgan fingerprint density at radius 1 is 1.18 bits per heavy atom. The molecule has 1 spiro atoms. The third kappa shape index (κ3) is 3.45. The molecule has 2 aliphatic rings. The number of nitrogens with one attached hydrogen (secondary N) is 1. The second kappa shape index (κ2) is 6.19. The fourth-order valence-electron chi connectivity index (χ4n) is 3.51. The quantitative estimate of drug-likeness (QED) is 0.810. The molecule has 1 aliphatic heterocycles. The van der Waals surface area contributed by atoms with E-state index in [4.69, 9.17) is 4.74 Å². The van der Waals surface area contributed by atoms with Gasteiger partial charge in [0.1, 0.15) is 0 Å². The summed E-state index contributed by atoms with van der Waals surface area (Å²) in [7, 11) is 0. The first-order valence-corrected chi connectivity index (χ1v) is 7.65. The fourth-order valence-corrected chi connectivity index (χ4v) is 3.51. The minimum absolute atomic E-state index is 0.245. The van der Waals surface area contributed by atoms with Crippen LogP contribution >= 0.6 is 0 Å². The zero-order valence-electron chi connectivity index (χ0n) is 11.6. The third-order valence-electron chi connectivity index (χ3n) is 4.77. The maximum Gasteiger partial charge on any atom is 0.0697 e. The lowest BCUT2D eigenvalue weighted by Crippen LogP contribution is -2.48. The lowest BCUT2D eigenvalue weighted by atomic mass is 9.73. The molecule has 1 N–H and O–H groups in total. The van der Waals surface area contributed by atoms with E-state index in [0.29, 0.717) is 6.04 Å². The van der Waals surface area contributed by atoms with Crippen LogP contribution in [-0.2, 0) is 4.74 Å². The normalized spacial score (nSPS) is 38.5. The first kappa shape index (κ1) is 13.4. The standard InChI is InChI=1S/C15H29NO/c1-3-10-16-14-7-11-17-15(12-14)8-5-13(4-2)6-9-15/h13-14,16H,3-12H2,1-2H3. The van der Waals surface area contributed by atoms with Gasteiger partial charge < -0.3 is 10.1 Å². The Balaban J connectivity index is 1.83. The maximum atomic E-state index is 6.17. The van der Waals surface area contributed by atoms with Gasteiger partial charge in [-0.25, -0.2) is 0 Å². The van der Waals surface area contributed by atoms with Crippen molar-refractivity contribution in [2.45, 2.75) is 76.9 Å². The van der Waals surface area contributed by atoms with Gasteiger partial charge in [-0.05, 0) is 57.4 Å². The molecule has 0 bridgehead atoms. The summed E-state index contributed by atoms with van der Waals surface area (Å²) in [5.74, 6) is 0.966. The van der Waals surface area contributed by atoms with Gasteiger partial charge in [0.15, 0.2) is 0 Å². The molecule has 2 nitrogen and oxygen atoms in total. The molecule has 2 fully saturated rings. The van der Waals surface area contributed by atoms with Crippen molar-refractivity contribution in [2.75, 3.05) is 13.2 Å². The summed E-state index contributed by atoms with van der Waals surface area (Å²) in [5, 5.41) is 3.69. The van der Waals surface area contributed by atoms with E-state index in [0.717, 1.165) is 12.5 Å². The molecular weight excluding hydrogens is 210 g/mol. The smallest absolute Gasteiger partial charge is 0.0697 e. The van der Waals surface area contributed by atoms with Gasteiger partial charge in [0.05, 0.1) is 5.60 Å². The third-order valence-corrected chi connectivity index (χ3v) is 4.77. The van der Waals surface area contributed by atoms with E-state index in [1.165, 1.54) is 57.9 Å². The van der Waals surface area contributed by atoms with Crippen LogP contribution in [0.3, 0.4) is 0 Å². The van der Waals surface area contributed by atoms with E-state index in [9.17, 15) is 0 Å². The van der Waals surface area contributed by atoms with Gasteiger partial charge in [0.25, 0.3) is 0 Å². The molecule has 0 radical (unpaired) electrons. The van der Waals surface area contributed by atoms with Crippen LogP contribution in [0.4, 0.5) is 0 Å². The van der Waals surface area contributed by atoms with Crippen molar-refractivity contribution in [1.82, 2.24) is 5.32 Å². The van der Waals surface area contributed by atoms with Crippen LogP contribution < -0.4 is 5.32 Å². The number of hydrogen-bond donors (Lipinski definition) is 1. The Bertz CT molecular complexity index is 221. The Morgan fingerprint density at radius 2 is 1.94 bits per heavy atom. The summed E-state index contributed by atoms with van der Waals surface area (Å²) in [4.78, 5) is 0. The van der Waals surface area contributed by atoms with E-state index in [2.05, 4.69) is 19.2 Å². The predicted octanol–water partition coefficient (Wildman–Crippen LogP) is 3.50. The molecular formula is C15H29NO. The summed E-state index contributed by atoms with van der Waals surface area (Å²) >= 11 is 0. The van der Waals surface area contributed by atoms with Crippen LogP contribution in [0.5, 0.6) is 0 Å². The highest BCUT2D eigenvalue weighted by Gasteiger charge is 2.40. The van der Waals surface area contributed by atoms with Crippen LogP contribution in [-0.4, -0.2) is 24.8 Å². The average Bonchev–Trinajstić information content (AvgIpc) is 2.38. The molecule has 1 saturated carbocycles. The summed E-state index contributed by atoms with van der Waals surface area (Å²) in [5.41, 5.74) is 0.245. The Hall–Kier alpha value is -0.0800. The van der Waals surface area contributed by atoms with E-state index in [1.54, 1.807) is 0 Å². The van der Waals surface area contributed by atoms with Crippen LogP contribution in [0.15, 0.2) is 0 Å². The van der Waals surface area contributed by atoms with E-state index < -0.39 is 0 Å². The summed E-state index contributed by atoms with van der Waals surface area (Å²) in [6, 6.07) is 0.710. The number of ether oxygens (including phenoxy) is 1. The Kier molecular flexibility index (Phi) is 4.87. The summed E-state index contributed by atoms with van der Waals surface area (Å²) in [6.07, 6.45) is 10.4. The van der Waals surface area contributed by atoms with Crippen LogP contribution in [0.25, 0.3) is 0 Å². The highest BCUT2D eigenvalue weighted by atomic mass is 16.5. The van der Waals surface area contributed by atoms with Crippen molar-refractivity contribution >= 4 is 0 Å². The zero-order chi connectivity index (χ0) is 12.1. The van der Waals surface area contributed by atoms with Crippen molar-refractivity contribution in [3.05, 3.63) is 0 Å². The second-order valence-corrected chi connectivity index (χ2v) is 6.03. The number of rotatable bonds is 4. The molecule has 17 heavy (non-hydrogen) atoms. The molecule has 1 atom stereocenters. The van der Waals surface area contributed by atoms with Crippen LogP contribution in [0, 0.1) is 5.92 Å². The SMILES string of the molecule is CCCNC1CCOC2(CCC(CC)CC2)C1. The van der Waals surface area contributed by atoms with E-state index >= 15 is 0 Å². The van der Waals surface area contributed by atoms with Crippen molar-refractivity contribution in [3.63, 3.8) is 0 Å². The molecule has 1 aliphatic carbocycles. The van der Waals surface area contributed by atoms with E-state index in [1.807, 2.05) is 0 Å². The molecule has 1 heterocycles. The van der Waals surface area contributed by atoms with Gasteiger partial charge in [0.2, 0.25) is 0 Å². The lowest BCUT2D eigenvalue weighted by Gasteiger charge is -2.45. The van der Waals surface area contributed by atoms with Crippen LogP contribution in [0.1, 0.15) is 65.2 Å². The average molecular weight is 239 g/mol. The monoisotopic (exact) mass is 239 g/mol. The first-order valence-electron chi connectivity index (χ1n) is 7.65. The summed E-state index contributed by atoms with van der Waals surface area (Å²) < 4.78 is 6.17. The van der Waals surface area contributed by atoms with Gasteiger partial charge in [0, 0.05) is 12.6 Å². The van der Waals surface area contributed by atoms with Gasteiger partial charge >= 0.3 is 0 Å². The molecule has 100 valence electrons. The predicted molar refractivity (Wildman–Crippen MR) is 72.2 cm³/mol.